The standard InChI is InChI=1S/C22H34N2O3/c1-21(2,3)27-20(25)22(4,26)15-23-19-11-10-17-13-24(14-18(17)19)12-16-8-6-5-7-9-16/h5-9,17-19,23,26H,10-15H2,1-4H3. The SMILES string of the molecule is CC(C)(C)OC(=O)C(C)(O)CNC1CCC2CN(Cc3ccccc3)CC21. The number of esters is 1. The largest absolute Gasteiger partial charge is 0.458 e. The third-order valence-corrected chi connectivity index (χ3v) is 5.73. The molecule has 2 aliphatic rings. The molecule has 1 saturated carbocycles. The summed E-state index contributed by atoms with van der Waals surface area (Å²) < 4.78 is 5.35. The fourth-order valence-corrected chi connectivity index (χ4v) is 4.37. The van der Waals surface area contributed by atoms with Crippen LogP contribution in [0, 0.1) is 11.8 Å². The van der Waals surface area contributed by atoms with Crippen LogP contribution in [-0.4, -0.2) is 52.9 Å². The van der Waals surface area contributed by atoms with Gasteiger partial charge in [0.1, 0.15) is 5.60 Å². The van der Waals surface area contributed by atoms with E-state index in [0.29, 0.717) is 17.9 Å². The second-order valence-electron chi connectivity index (χ2n) is 9.44. The van der Waals surface area contributed by atoms with Crippen molar-refractivity contribution < 1.29 is 14.6 Å². The number of benzene rings is 1. The number of likely N-dealkylation sites (tertiary alicyclic amines) is 1. The van der Waals surface area contributed by atoms with Gasteiger partial charge in [-0.3, -0.25) is 4.90 Å². The summed E-state index contributed by atoms with van der Waals surface area (Å²) in [5.74, 6) is 0.731. The summed E-state index contributed by atoms with van der Waals surface area (Å²) in [5.41, 5.74) is -0.744. The Morgan fingerprint density at radius 3 is 2.56 bits per heavy atom. The van der Waals surface area contributed by atoms with E-state index in [-0.39, 0.29) is 6.54 Å². The number of rotatable bonds is 6. The number of fused-ring (bicyclic) bond motifs is 1. The van der Waals surface area contributed by atoms with E-state index >= 15 is 0 Å². The Hall–Kier alpha value is -1.43. The van der Waals surface area contributed by atoms with Crippen molar-refractivity contribution in [3.05, 3.63) is 35.9 Å². The van der Waals surface area contributed by atoms with Crippen molar-refractivity contribution in [1.82, 2.24) is 10.2 Å². The molecule has 150 valence electrons. The van der Waals surface area contributed by atoms with Crippen LogP contribution in [0.25, 0.3) is 0 Å². The second kappa shape index (κ2) is 7.90. The van der Waals surface area contributed by atoms with Gasteiger partial charge in [-0.2, -0.15) is 0 Å². The van der Waals surface area contributed by atoms with Crippen LogP contribution in [-0.2, 0) is 16.1 Å². The normalized spacial score (nSPS) is 28.0. The summed E-state index contributed by atoms with van der Waals surface area (Å²) in [6, 6.07) is 11.0. The third-order valence-electron chi connectivity index (χ3n) is 5.73. The number of nitrogens with one attached hydrogen (secondary N) is 1. The van der Waals surface area contributed by atoms with Gasteiger partial charge in [-0.15, -0.1) is 0 Å². The minimum Gasteiger partial charge on any atom is -0.458 e. The number of carbonyl (C=O) groups is 1. The van der Waals surface area contributed by atoms with Gasteiger partial charge in [0.15, 0.2) is 5.60 Å². The molecule has 1 aliphatic heterocycles. The molecule has 1 heterocycles. The first-order valence-corrected chi connectivity index (χ1v) is 10.1. The highest BCUT2D eigenvalue weighted by atomic mass is 16.6. The molecule has 3 rings (SSSR count). The minimum absolute atomic E-state index is 0.231. The summed E-state index contributed by atoms with van der Waals surface area (Å²) in [4.78, 5) is 14.8. The topological polar surface area (TPSA) is 61.8 Å². The van der Waals surface area contributed by atoms with Gasteiger partial charge >= 0.3 is 5.97 Å². The Morgan fingerprint density at radius 1 is 1.19 bits per heavy atom. The quantitative estimate of drug-likeness (QED) is 0.750. The van der Waals surface area contributed by atoms with Crippen molar-refractivity contribution in [3.63, 3.8) is 0 Å². The molecule has 27 heavy (non-hydrogen) atoms. The van der Waals surface area contributed by atoms with E-state index in [0.717, 1.165) is 26.1 Å². The second-order valence-corrected chi connectivity index (χ2v) is 9.44. The van der Waals surface area contributed by atoms with Gasteiger partial charge in [-0.1, -0.05) is 30.3 Å². The highest BCUT2D eigenvalue weighted by molar-refractivity contribution is 5.79. The zero-order chi connectivity index (χ0) is 19.7. The average Bonchev–Trinajstić information content (AvgIpc) is 3.12. The van der Waals surface area contributed by atoms with Gasteiger partial charge in [-0.25, -0.2) is 4.79 Å². The predicted molar refractivity (Wildman–Crippen MR) is 106 cm³/mol. The van der Waals surface area contributed by atoms with Gasteiger partial charge in [0.2, 0.25) is 0 Å². The van der Waals surface area contributed by atoms with Crippen LogP contribution in [0.1, 0.15) is 46.1 Å². The molecule has 0 bridgehead atoms. The Balaban J connectivity index is 1.51. The van der Waals surface area contributed by atoms with E-state index in [1.165, 1.54) is 18.9 Å². The van der Waals surface area contributed by atoms with Gasteiger partial charge in [0.25, 0.3) is 0 Å². The third kappa shape index (κ3) is 5.31. The molecule has 0 amide bonds. The first-order chi connectivity index (χ1) is 12.6. The fourth-order valence-electron chi connectivity index (χ4n) is 4.37. The summed E-state index contributed by atoms with van der Waals surface area (Å²) >= 11 is 0. The number of nitrogens with zero attached hydrogens (tertiary/aromatic N) is 1. The Morgan fingerprint density at radius 2 is 1.89 bits per heavy atom. The van der Waals surface area contributed by atoms with Crippen LogP contribution in [0.4, 0.5) is 0 Å². The number of hydrogen-bond donors (Lipinski definition) is 2. The molecule has 4 unspecified atom stereocenters. The van der Waals surface area contributed by atoms with Gasteiger partial charge in [0, 0.05) is 32.2 Å². The van der Waals surface area contributed by atoms with Gasteiger partial charge in [0.05, 0.1) is 0 Å². The van der Waals surface area contributed by atoms with E-state index in [1.54, 1.807) is 0 Å². The first-order valence-electron chi connectivity index (χ1n) is 10.1. The Kier molecular flexibility index (Phi) is 5.94. The van der Waals surface area contributed by atoms with Crippen molar-refractivity contribution in [3.8, 4) is 0 Å². The lowest BCUT2D eigenvalue weighted by Crippen LogP contribution is -2.51. The lowest BCUT2D eigenvalue weighted by Gasteiger charge is -2.30. The number of hydrogen-bond acceptors (Lipinski definition) is 5. The monoisotopic (exact) mass is 374 g/mol. The van der Waals surface area contributed by atoms with E-state index in [9.17, 15) is 9.90 Å². The summed E-state index contributed by atoms with van der Waals surface area (Å²) in [5, 5.41) is 14.0. The predicted octanol–water partition coefficient (Wildman–Crippen LogP) is 2.58. The van der Waals surface area contributed by atoms with E-state index in [1.807, 2.05) is 20.8 Å². The molecule has 1 saturated heterocycles. The van der Waals surface area contributed by atoms with Gasteiger partial charge in [-0.05, 0) is 57.9 Å². The molecule has 4 atom stereocenters. The van der Waals surface area contributed by atoms with Crippen molar-refractivity contribution in [2.45, 2.75) is 64.3 Å². The molecule has 5 heteroatoms. The molecule has 5 nitrogen and oxygen atoms in total. The van der Waals surface area contributed by atoms with Crippen molar-refractivity contribution in [1.29, 1.82) is 0 Å². The number of aliphatic hydroxyl groups is 1. The van der Waals surface area contributed by atoms with Crippen LogP contribution in [0.15, 0.2) is 30.3 Å². The number of ether oxygens (including phenoxy) is 1. The minimum atomic E-state index is -1.51. The lowest BCUT2D eigenvalue weighted by atomic mass is 9.97. The van der Waals surface area contributed by atoms with E-state index in [4.69, 9.17) is 4.74 Å². The summed E-state index contributed by atoms with van der Waals surface area (Å²) in [6.07, 6.45) is 2.32. The van der Waals surface area contributed by atoms with Crippen LogP contribution >= 0.6 is 0 Å². The molecule has 0 radical (unpaired) electrons. The van der Waals surface area contributed by atoms with Crippen molar-refractivity contribution in [2.75, 3.05) is 19.6 Å². The smallest absolute Gasteiger partial charge is 0.339 e. The molecular formula is C22H34N2O3. The molecule has 1 aromatic carbocycles. The molecule has 1 aromatic rings. The van der Waals surface area contributed by atoms with E-state index < -0.39 is 17.2 Å². The zero-order valence-electron chi connectivity index (χ0n) is 17.1. The average molecular weight is 375 g/mol. The maximum atomic E-state index is 12.2. The molecular weight excluding hydrogens is 340 g/mol. The molecule has 2 N–H and O–H groups in total. The summed E-state index contributed by atoms with van der Waals surface area (Å²) in [7, 11) is 0. The van der Waals surface area contributed by atoms with Crippen molar-refractivity contribution >= 4 is 5.97 Å². The highest BCUT2D eigenvalue weighted by Crippen LogP contribution is 2.38. The Bertz CT molecular complexity index is 639. The van der Waals surface area contributed by atoms with E-state index in [2.05, 4.69) is 40.5 Å². The van der Waals surface area contributed by atoms with Crippen LogP contribution in [0.2, 0.25) is 0 Å². The summed E-state index contributed by atoms with van der Waals surface area (Å²) in [6.45, 7) is 10.4. The van der Waals surface area contributed by atoms with Gasteiger partial charge < -0.3 is 15.2 Å². The van der Waals surface area contributed by atoms with Crippen LogP contribution < -0.4 is 5.32 Å². The fraction of sp³-hybridized carbons (Fsp3) is 0.682. The molecule has 0 spiro atoms. The van der Waals surface area contributed by atoms with Crippen molar-refractivity contribution in [2.24, 2.45) is 11.8 Å². The lowest BCUT2D eigenvalue weighted by molar-refractivity contribution is -0.175. The van der Waals surface area contributed by atoms with Crippen LogP contribution in [0.3, 0.4) is 0 Å². The molecule has 1 aliphatic carbocycles. The molecule has 0 aromatic heterocycles. The van der Waals surface area contributed by atoms with Crippen LogP contribution in [0.5, 0.6) is 0 Å². The Labute approximate surface area is 163 Å². The molecule has 2 fully saturated rings. The highest BCUT2D eigenvalue weighted by Gasteiger charge is 2.43. The number of carbonyl (C=O) groups excluding carboxylic acids is 1. The maximum absolute atomic E-state index is 12.2. The first kappa shape index (κ1) is 20.3. The maximum Gasteiger partial charge on any atom is 0.339 e. The zero-order valence-corrected chi connectivity index (χ0v) is 17.1.